The minimum Gasteiger partial charge on any atom is -0.371 e. The van der Waals surface area contributed by atoms with Gasteiger partial charge in [-0.1, -0.05) is 0 Å². The lowest BCUT2D eigenvalue weighted by atomic mass is 10.0. The molecule has 6 nitrogen and oxygen atoms in total. The third-order valence-electron chi connectivity index (χ3n) is 7.51. The number of aromatic nitrogens is 2. The van der Waals surface area contributed by atoms with Crippen molar-refractivity contribution in [2.45, 2.75) is 51.0 Å². The van der Waals surface area contributed by atoms with Crippen LogP contribution in [0, 0.1) is 6.92 Å². The first kappa shape index (κ1) is 28.0. The summed E-state index contributed by atoms with van der Waals surface area (Å²) in [6.07, 6.45) is -2.65. The molecule has 1 N–H and O–H groups in total. The van der Waals surface area contributed by atoms with Gasteiger partial charge in [-0.2, -0.15) is 26.3 Å². The maximum atomic E-state index is 13.8. The number of carbonyl (C=O) groups excluding carboxylic acids is 1. The molecular weight excluding hydrogens is 536 g/mol. The van der Waals surface area contributed by atoms with Crippen LogP contribution in [0.15, 0.2) is 48.9 Å². The predicted octanol–water partition coefficient (Wildman–Crippen LogP) is 6.54. The van der Waals surface area contributed by atoms with Crippen molar-refractivity contribution in [1.82, 2.24) is 14.5 Å². The molecule has 3 heterocycles. The summed E-state index contributed by atoms with van der Waals surface area (Å²) in [4.78, 5) is 21.4. The highest BCUT2D eigenvalue weighted by molar-refractivity contribution is 6.05. The van der Waals surface area contributed by atoms with E-state index in [2.05, 4.69) is 15.2 Å². The van der Waals surface area contributed by atoms with Crippen LogP contribution in [0.1, 0.15) is 52.9 Å². The number of amides is 1. The zero-order chi connectivity index (χ0) is 28.7. The van der Waals surface area contributed by atoms with E-state index in [1.165, 1.54) is 29.2 Å². The number of hydrogen-bond donors (Lipinski definition) is 1. The molecule has 1 aromatic heterocycles. The Morgan fingerprint density at radius 3 is 2.08 bits per heavy atom. The number of likely N-dealkylation sites (tertiary alicyclic amines) is 1. The summed E-state index contributed by atoms with van der Waals surface area (Å²) >= 11 is 0. The molecule has 0 atom stereocenters. The van der Waals surface area contributed by atoms with Crippen LogP contribution in [0.3, 0.4) is 0 Å². The third kappa shape index (κ3) is 6.27. The maximum Gasteiger partial charge on any atom is 0.416 e. The minimum atomic E-state index is -4.71. The van der Waals surface area contributed by atoms with E-state index >= 15 is 0 Å². The molecule has 0 unspecified atom stereocenters. The molecule has 0 radical (unpaired) electrons. The number of carbonyl (C=O) groups is 1. The van der Waals surface area contributed by atoms with Crippen LogP contribution in [0.5, 0.6) is 0 Å². The summed E-state index contributed by atoms with van der Waals surface area (Å²) in [6.45, 7) is 4.84. The molecule has 12 heteroatoms. The number of rotatable bonds is 5. The Morgan fingerprint density at radius 2 is 1.48 bits per heavy atom. The van der Waals surface area contributed by atoms with Crippen molar-refractivity contribution >= 4 is 17.3 Å². The summed E-state index contributed by atoms with van der Waals surface area (Å²) in [6, 6.07) is 6.48. The van der Waals surface area contributed by atoms with Crippen molar-refractivity contribution < 1.29 is 31.1 Å². The summed E-state index contributed by atoms with van der Waals surface area (Å²) in [5.74, 6) is -0.939. The fraction of sp³-hybridized carbons (Fsp3) is 0.429. The standard InChI is InChI=1S/C28H29F6N5O/c1-18-16-39(17-35-18)25-14-21(28(32,33)34)12-22(15-25)36-26(40)19-10-20(27(29,30)31)13-24(11-19)38-8-4-23(5-9-38)37-6-2-3-7-37/h10-17,23H,2-9H2,1H3,(H,36,40). The highest BCUT2D eigenvalue weighted by Crippen LogP contribution is 2.36. The second kappa shape index (κ2) is 10.8. The largest absolute Gasteiger partial charge is 0.416 e. The fourth-order valence-electron chi connectivity index (χ4n) is 5.45. The average Bonchev–Trinajstić information content (AvgIpc) is 3.60. The number of anilines is 2. The predicted molar refractivity (Wildman–Crippen MR) is 139 cm³/mol. The molecule has 3 aromatic rings. The van der Waals surface area contributed by atoms with Gasteiger partial charge in [0.15, 0.2) is 0 Å². The van der Waals surface area contributed by atoms with E-state index < -0.39 is 29.4 Å². The summed E-state index contributed by atoms with van der Waals surface area (Å²) < 4.78 is 83.7. The van der Waals surface area contributed by atoms with Crippen LogP contribution in [0.25, 0.3) is 5.69 Å². The first-order chi connectivity index (χ1) is 18.9. The second-order valence-electron chi connectivity index (χ2n) is 10.4. The SMILES string of the molecule is Cc1cn(-c2cc(NC(=O)c3cc(N4CCC(N5CCCC5)CC4)cc(C(F)(F)F)c3)cc(C(F)(F)F)c2)cn1. The maximum absolute atomic E-state index is 13.8. The molecule has 0 spiro atoms. The number of piperidine rings is 1. The summed E-state index contributed by atoms with van der Waals surface area (Å²) in [5, 5.41) is 2.38. The van der Waals surface area contributed by atoms with E-state index in [0.717, 1.165) is 63.0 Å². The van der Waals surface area contributed by atoms with E-state index in [-0.39, 0.29) is 22.6 Å². The number of aryl methyl sites for hydroxylation is 1. The second-order valence-corrected chi connectivity index (χ2v) is 10.4. The monoisotopic (exact) mass is 565 g/mol. The molecule has 1 amide bonds. The molecule has 5 rings (SSSR count). The summed E-state index contributed by atoms with van der Waals surface area (Å²) in [5.41, 5.74) is -1.57. The van der Waals surface area contributed by atoms with Gasteiger partial charge in [0, 0.05) is 48.0 Å². The van der Waals surface area contributed by atoms with Gasteiger partial charge in [0.25, 0.3) is 5.91 Å². The van der Waals surface area contributed by atoms with Gasteiger partial charge in [-0.3, -0.25) is 4.79 Å². The van der Waals surface area contributed by atoms with Crippen LogP contribution in [-0.2, 0) is 12.4 Å². The van der Waals surface area contributed by atoms with Gasteiger partial charge in [-0.25, -0.2) is 4.98 Å². The van der Waals surface area contributed by atoms with Crippen molar-refractivity contribution in [3.8, 4) is 5.69 Å². The van der Waals surface area contributed by atoms with Crippen LogP contribution in [-0.4, -0.2) is 52.6 Å². The molecule has 0 saturated carbocycles. The van der Waals surface area contributed by atoms with E-state index in [0.29, 0.717) is 24.8 Å². The van der Waals surface area contributed by atoms with Crippen molar-refractivity contribution in [2.24, 2.45) is 0 Å². The highest BCUT2D eigenvalue weighted by Gasteiger charge is 2.34. The molecule has 2 aliphatic rings. The highest BCUT2D eigenvalue weighted by atomic mass is 19.4. The van der Waals surface area contributed by atoms with Crippen LogP contribution in [0.2, 0.25) is 0 Å². The molecule has 214 valence electrons. The lowest BCUT2D eigenvalue weighted by Gasteiger charge is -2.38. The Balaban J connectivity index is 1.42. The lowest BCUT2D eigenvalue weighted by Crippen LogP contribution is -2.44. The molecule has 2 aromatic carbocycles. The van der Waals surface area contributed by atoms with E-state index in [4.69, 9.17) is 0 Å². The Labute approximate surface area is 227 Å². The first-order valence-corrected chi connectivity index (χ1v) is 13.1. The zero-order valence-corrected chi connectivity index (χ0v) is 21.8. The Bertz CT molecular complexity index is 1370. The Hall–Kier alpha value is -3.54. The van der Waals surface area contributed by atoms with Crippen molar-refractivity contribution in [3.05, 3.63) is 71.3 Å². The third-order valence-corrected chi connectivity index (χ3v) is 7.51. The number of imidazole rings is 1. The smallest absolute Gasteiger partial charge is 0.371 e. The molecule has 2 fully saturated rings. The quantitative estimate of drug-likeness (QED) is 0.357. The van der Waals surface area contributed by atoms with Crippen molar-refractivity contribution in [3.63, 3.8) is 0 Å². The van der Waals surface area contributed by atoms with Gasteiger partial charge in [0.05, 0.1) is 23.1 Å². The molecule has 0 bridgehead atoms. The molecule has 2 aliphatic heterocycles. The Morgan fingerprint density at radius 1 is 0.850 bits per heavy atom. The topological polar surface area (TPSA) is 53.4 Å². The number of hydrogen-bond acceptors (Lipinski definition) is 4. The summed E-state index contributed by atoms with van der Waals surface area (Å²) in [7, 11) is 0. The van der Waals surface area contributed by atoms with E-state index in [9.17, 15) is 31.1 Å². The van der Waals surface area contributed by atoms with Crippen LogP contribution >= 0.6 is 0 Å². The number of alkyl halides is 6. The minimum absolute atomic E-state index is 0.0938. The van der Waals surface area contributed by atoms with Gasteiger partial charge in [-0.05, 0) is 82.1 Å². The van der Waals surface area contributed by atoms with Crippen molar-refractivity contribution in [1.29, 1.82) is 0 Å². The van der Waals surface area contributed by atoms with Gasteiger partial charge in [0.1, 0.15) is 0 Å². The van der Waals surface area contributed by atoms with Gasteiger partial charge >= 0.3 is 12.4 Å². The molecular formula is C28H29F6N5O. The molecule has 40 heavy (non-hydrogen) atoms. The normalized spacial score (nSPS) is 17.4. The number of nitrogens with zero attached hydrogens (tertiary/aromatic N) is 4. The van der Waals surface area contributed by atoms with Crippen LogP contribution < -0.4 is 10.2 Å². The number of nitrogens with one attached hydrogen (secondary N) is 1. The van der Waals surface area contributed by atoms with Crippen LogP contribution in [0.4, 0.5) is 37.7 Å². The van der Waals surface area contributed by atoms with Crippen molar-refractivity contribution in [2.75, 3.05) is 36.4 Å². The number of halogens is 6. The Kier molecular flexibility index (Phi) is 7.56. The van der Waals surface area contributed by atoms with Gasteiger partial charge in [-0.15, -0.1) is 0 Å². The average molecular weight is 566 g/mol. The van der Waals surface area contributed by atoms with Gasteiger partial charge in [0.2, 0.25) is 0 Å². The fourth-order valence-corrected chi connectivity index (χ4v) is 5.45. The first-order valence-electron chi connectivity index (χ1n) is 13.1. The van der Waals surface area contributed by atoms with E-state index in [1.807, 2.05) is 4.90 Å². The van der Waals surface area contributed by atoms with E-state index in [1.54, 1.807) is 6.92 Å². The lowest BCUT2D eigenvalue weighted by molar-refractivity contribution is -0.138. The zero-order valence-electron chi connectivity index (χ0n) is 21.8. The molecule has 0 aliphatic carbocycles. The molecule has 2 saturated heterocycles. The number of benzene rings is 2. The van der Waals surface area contributed by atoms with Gasteiger partial charge < -0.3 is 19.7 Å².